The highest BCUT2D eigenvalue weighted by Gasteiger charge is 2.31. The molecule has 8 nitrogen and oxygen atoms in total. The maximum atomic E-state index is 12.1. The summed E-state index contributed by atoms with van der Waals surface area (Å²) in [6.07, 6.45) is 1.83. The standard InChI is InChI=1S/C15H27N5O3S/c1-3-24(21,22)20-6-4-5-13(11-20)15-17-16-14(18(15)2)12-19-7-9-23-10-8-19/h13H,3-12H2,1-2H3/t13-/m0/s1. The monoisotopic (exact) mass is 357 g/mol. The van der Waals surface area contributed by atoms with Gasteiger partial charge in [0.15, 0.2) is 0 Å². The van der Waals surface area contributed by atoms with Crippen molar-refractivity contribution in [3.63, 3.8) is 0 Å². The molecule has 1 atom stereocenters. The van der Waals surface area contributed by atoms with Crippen LogP contribution in [0.15, 0.2) is 0 Å². The minimum atomic E-state index is -3.14. The van der Waals surface area contributed by atoms with Crippen molar-refractivity contribution in [3.8, 4) is 0 Å². The Labute approximate surface area is 143 Å². The van der Waals surface area contributed by atoms with E-state index in [1.807, 2.05) is 11.6 Å². The summed E-state index contributed by atoms with van der Waals surface area (Å²) in [4.78, 5) is 2.31. The Hall–Kier alpha value is -1.03. The van der Waals surface area contributed by atoms with E-state index in [1.54, 1.807) is 11.2 Å². The molecule has 0 radical (unpaired) electrons. The number of aromatic nitrogens is 3. The van der Waals surface area contributed by atoms with Crippen LogP contribution >= 0.6 is 0 Å². The first-order valence-corrected chi connectivity index (χ1v) is 10.3. The maximum absolute atomic E-state index is 12.1. The van der Waals surface area contributed by atoms with Crippen LogP contribution in [0.3, 0.4) is 0 Å². The van der Waals surface area contributed by atoms with Crippen LogP contribution in [-0.4, -0.2) is 77.5 Å². The lowest BCUT2D eigenvalue weighted by molar-refractivity contribution is 0.0326. The highest BCUT2D eigenvalue weighted by Crippen LogP contribution is 2.27. The van der Waals surface area contributed by atoms with E-state index in [4.69, 9.17) is 4.74 Å². The molecule has 0 bridgehead atoms. The third-order valence-electron chi connectivity index (χ3n) is 4.97. The van der Waals surface area contributed by atoms with Gasteiger partial charge in [-0.25, -0.2) is 12.7 Å². The number of rotatable bonds is 5. The van der Waals surface area contributed by atoms with Crippen molar-refractivity contribution in [1.82, 2.24) is 24.0 Å². The first-order valence-electron chi connectivity index (χ1n) is 8.67. The molecule has 1 aromatic rings. The fraction of sp³-hybridized carbons (Fsp3) is 0.867. The summed E-state index contributed by atoms with van der Waals surface area (Å²) in [5, 5.41) is 8.74. The normalized spacial score (nSPS) is 24.3. The van der Waals surface area contributed by atoms with Crippen molar-refractivity contribution in [3.05, 3.63) is 11.6 Å². The Kier molecular flexibility index (Phi) is 5.53. The van der Waals surface area contributed by atoms with E-state index in [-0.39, 0.29) is 11.7 Å². The number of nitrogens with zero attached hydrogens (tertiary/aromatic N) is 5. The second-order valence-electron chi connectivity index (χ2n) is 6.52. The molecule has 9 heteroatoms. The number of ether oxygens (including phenoxy) is 1. The highest BCUT2D eigenvalue weighted by atomic mass is 32.2. The van der Waals surface area contributed by atoms with E-state index in [0.29, 0.717) is 13.1 Å². The number of hydrogen-bond donors (Lipinski definition) is 0. The summed E-state index contributed by atoms with van der Waals surface area (Å²) in [5.41, 5.74) is 0. The molecule has 2 aliphatic heterocycles. The van der Waals surface area contributed by atoms with Gasteiger partial charge in [-0.1, -0.05) is 0 Å². The average molecular weight is 357 g/mol. The number of piperidine rings is 1. The Bertz CT molecular complexity index is 654. The molecule has 2 fully saturated rings. The van der Waals surface area contributed by atoms with Gasteiger partial charge >= 0.3 is 0 Å². The van der Waals surface area contributed by atoms with Crippen LogP contribution in [0, 0.1) is 0 Å². The molecular weight excluding hydrogens is 330 g/mol. The van der Waals surface area contributed by atoms with E-state index >= 15 is 0 Å². The van der Waals surface area contributed by atoms with Gasteiger partial charge in [-0.2, -0.15) is 0 Å². The van der Waals surface area contributed by atoms with E-state index < -0.39 is 10.0 Å². The zero-order valence-corrected chi connectivity index (χ0v) is 15.3. The Morgan fingerprint density at radius 1 is 1.21 bits per heavy atom. The van der Waals surface area contributed by atoms with Crippen LogP contribution in [0.5, 0.6) is 0 Å². The van der Waals surface area contributed by atoms with Gasteiger partial charge in [-0.15, -0.1) is 10.2 Å². The molecule has 0 aromatic carbocycles. The van der Waals surface area contributed by atoms with E-state index in [9.17, 15) is 8.42 Å². The van der Waals surface area contributed by atoms with Crippen molar-refractivity contribution in [2.45, 2.75) is 32.2 Å². The van der Waals surface area contributed by atoms with Crippen molar-refractivity contribution < 1.29 is 13.2 Å². The molecule has 3 heterocycles. The van der Waals surface area contributed by atoms with Gasteiger partial charge in [-0.05, 0) is 19.8 Å². The second-order valence-corrected chi connectivity index (χ2v) is 8.78. The van der Waals surface area contributed by atoms with Crippen LogP contribution in [0.2, 0.25) is 0 Å². The van der Waals surface area contributed by atoms with Crippen LogP contribution < -0.4 is 0 Å². The molecule has 136 valence electrons. The highest BCUT2D eigenvalue weighted by molar-refractivity contribution is 7.89. The lowest BCUT2D eigenvalue weighted by Gasteiger charge is -2.31. The van der Waals surface area contributed by atoms with Crippen molar-refractivity contribution in [2.24, 2.45) is 7.05 Å². The molecule has 2 saturated heterocycles. The first kappa shape index (κ1) is 17.8. The minimum Gasteiger partial charge on any atom is -0.379 e. The van der Waals surface area contributed by atoms with E-state index in [0.717, 1.165) is 57.3 Å². The molecule has 24 heavy (non-hydrogen) atoms. The zero-order valence-electron chi connectivity index (χ0n) is 14.5. The summed E-state index contributed by atoms with van der Waals surface area (Å²) in [5.74, 6) is 2.11. The van der Waals surface area contributed by atoms with Crippen molar-refractivity contribution >= 4 is 10.0 Å². The van der Waals surface area contributed by atoms with Crippen LogP contribution in [0.4, 0.5) is 0 Å². The van der Waals surface area contributed by atoms with Crippen LogP contribution in [0.1, 0.15) is 37.3 Å². The zero-order chi connectivity index (χ0) is 17.2. The predicted molar refractivity (Wildman–Crippen MR) is 90.1 cm³/mol. The van der Waals surface area contributed by atoms with Crippen LogP contribution in [-0.2, 0) is 28.4 Å². The molecule has 0 N–H and O–H groups in total. The lowest BCUT2D eigenvalue weighted by atomic mass is 9.99. The largest absolute Gasteiger partial charge is 0.379 e. The van der Waals surface area contributed by atoms with Gasteiger partial charge in [0, 0.05) is 39.1 Å². The number of sulfonamides is 1. The summed E-state index contributed by atoms with van der Waals surface area (Å²) < 4.78 is 33.3. The third-order valence-corrected chi connectivity index (χ3v) is 6.82. The van der Waals surface area contributed by atoms with Crippen LogP contribution in [0.25, 0.3) is 0 Å². The first-order chi connectivity index (χ1) is 11.5. The molecule has 0 unspecified atom stereocenters. The summed E-state index contributed by atoms with van der Waals surface area (Å²) in [6.45, 7) is 6.93. The van der Waals surface area contributed by atoms with Gasteiger partial charge in [0.05, 0.1) is 25.5 Å². The fourth-order valence-electron chi connectivity index (χ4n) is 3.42. The van der Waals surface area contributed by atoms with Gasteiger partial charge < -0.3 is 9.30 Å². The van der Waals surface area contributed by atoms with Gasteiger partial charge in [0.1, 0.15) is 11.6 Å². The van der Waals surface area contributed by atoms with E-state index in [2.05, 4.69) is 15.1 Å². The smallest absolute Gasteiger partial charge is 0.213 e. The van der Waals surface area contributed by atoms with E-state index in [1.165, 1.54) is 0 Å². The van der Waals surface area contributed by atoms with Gasteiger partial charge in [0.2, 0.25) is 10.0 Å². The SMILES string of the molecule is CCS(=O)(=O)N1CCC[C@H](c2nnc(CN3CCOCC3)n2C)C1. The molecule has 0 saturated carbocycles. The Morgan fingerprint density at radius 2 is 1.96 bits per heavy atom. The fourth-order valence-corrected chi connectivity index (χ4v) is 4.60. The minimum absolute atomic E-state index is 0.121. The quantitative estimate of drug-likeness (QED) is 0.748. The Balaban J connectivity index is 1.70. The maximum Gasteiger partial charge on any atom is 0.213 e. The van der Waals surface area contributed by atoms with Crippen molar-refractivity contribution in [1.29, 1.82) is 0 Å². The summed E-state index contributed by atoms with van der Waals surface area (Å²) in [7, 11) is -1.15. The number of hydrogen-bond acceptors (Lipinski definition) is 6. The molecule has 3 rings (SSSR count). The molecule has 0 amide bonds. The lowest BCUT2D eigenvalue weighted by Crippen LogP contribution is -2.40. The topological polar surface area (TPSA) is 80.6 Å². The second kappa shape index (κ2) is 7.47. The van der Waals surface area contributed by atoms with Crippen molar-refractivity contribution in [2.75, 3.05) is 45.1 Å². The molecule has 0 spiro atoms. The molecule has 2 aliphatic rings. The predicted octanol–water partition coefficient (Wildman–Crippen LogP) is 0.176. The molecule has 0 aliphatic carbocycles. The summed E-state index contributed by atoms with van der Waals surface area (Å²) in [6, 6.07) is 0. The van der Waals surface area contributed by atoms with Gasteiger partial charge in [0.25, 0.3) is 0 Å². The Morgan fingerprint density at radius 3 is 2.67 bits per heavy atom. The average Bonchev–Trinajstić information content (AvgIpc) is 2.96. The molecular formula is C15H27N5O3S. The summed E-state index contributed by atoms with van der Waals surface area (Å²) >= 11 is 0. The number of morpholine rings is 1. The molecule has 1 aromatic heterocycles. The third kappa shape index (κ3) is 3.79. The van der Waals surface area contributed by atoms with Gasteiger partial charge in [-0.3, -0.25) is 4.90 Å².